The van der Waals surface area contributed by atoms with E-state index in [1.807, 2.05) is 35.7 Å². The lowest BCUT2D eigenvalue weighted by molar-refractivity contribution is -0.132. The molecule has 0 bridgehead atoms. The zero-order chi connectivity index (χ0) is 21.5. The number of amides is 1. The Hall–Kier alpha value is -3.29. The standard InChI is InChI=1S/C24H18N2O3S2/c1-2-14-10-11-16-18(13-14)31-24(25-16)26-20(17-9-6-12-30-17)19(22(28)23(26)29)21(27)15-7-4-3-5-8-15/h3-13,20,27H,2H2,1H3/t20-/m1/s1. The van der Waals surface area contributed by atoms with Crippen molar-refractivity contribution in [2.24, 2.45) is 0 Å². The molecule has 0 saturated carbocycles. The first-order chi connectivity index (χ1) is 15.1. The van der Waals surface area contributed by atoms with Crippen molar-refractivity contribution in [3.8, 4) is 0 Å². The number of carbonyl (C=O) groups excluding carboxylic acids is 2. The summed E-state index contributed by atoms with van der Waals surface area (Å²) in [6.45, 7) is 2.09. The number of rotatable bonds is 4. The van der Waals surface area contributed by atoms with Gasteiger partial charge >= 0.3 is 5.91 Å². The Morgan fingerprint density at radius 1 is 1.10 bits per heavy atom. The molecule has 1 amide bonds. The molecule has 31 heavy (non-hydrogen) atoms. The van der Waals surface area contributed by atoms with E-state index >= 15 is 0 Å². The van der Waals surface area contributed by atoms with Crippen LogP contribution in [0, 0.1) is 0 Å². The van der Waals surface area contributed by atoms with E-state index in [0.29, 0.717) is 10.7 Å². The number of aryl methyl sites for hydroxylation is 1. The van der Waals surface area contributed by atoms with Crippen molar-refractivity contribution in [3.05, 3.63) is 87.6 Å². The SMILES string of the molecule is CCc1ccc2nc(N3C(=O)C(=O)C(=C(O)c4ccccc4)[C@H]3c3cccs3)sc2c1. The number of aromatic nitrogens is 1. The smallest absolute Gasteiger partial charge is 0.301 e. The van der Waals surface area contributed by atoms with Crippen LogP contribution >= 0.6 is 22.7 Å². The largest absolute Gasteiger partial charge is 0.507 e. The van der Waals surface area contributed by atoms with Crippen molar-refractivity contribution in [3.63, 3.8) is 0 Å². The minimum Gasteiger partial charge on any atom is -0.507 e. The number of Topliss-reactive ketones (excluding diaryl/α,β-unsaturated/α-hetero) is 1. The van der Waals surface area contributed by atoms with Crippen molar-refractivity contribution in [2.75, 3.05) is 4.90 Å². The van der Waals surface area contributed by atoms with Gasteiger partial charge < -0.3 is 5.11 Å². The van der Waals surface area contributed by atoms with Crippen LogP contribution in [0.5, 0.6) is 0 Å². The maximum atomic E-state index is 13.2. The predicted molar refractivity (Wildman–Crippen MR) is 125 cm³/mol. The normalized spacial score (nSPS) is 18.2. The van der Waals surface area contributed by atoms with Crippen LogP contribution in [0.1, 0.15) is 29.0 Å². The highest BCUT2D eigenvalue weighted by Gasteiger charge is 2.48. The van der Waals surface area contributed by atoms with Crippen LogP contribution in [0.25, 0.3) is 16.0 Å². The molecule has 1 aliphatic heterocycles. The molecule has 4 aromatic rings. The lowest BCUT2D eigenvalue weighted by Gasteiger charge is -2.21. The van der Waals surface area contributed by atoms with Crippen molar-refractivity contribution >= 4 is 55.5 Å². The van der Waals surface area contributed by atoms with E-state index in [1.165, 1.54) is 33.1 Å². The van der Waals surface area contributed by atoms with Gasteiger partial charge in [-0.05, 0) is 35.6 Å². The number of hydrogen-bond donors (Lipinski definition) is 1. The molecule has 5 nitrogen and oxygen atoms in total. The van der Waals surface area contributed by atoms with Crippen LogP contribution in [0.4, 0.5) is 5.13 Å². The maximum Gasteiger partial charge on any atom is 0.301 e. The lowest BCUT2D eigenvalue weighted by Crippen LogP contribution is -2.28. The topological polar surface area (TPSA) is 70.5 Å². The fourth-order valence-electron chi connectivity index (χ4n) is 3.78. The molecule has 2 aromatic heterocycles. The van der Waals surface area contributed by atoms with Crippen molar-refractivity contribution in [1.82, 2.24) is 4.98 Å². The van der Waals surface area contributed by atoms with Gasteiger partial charge in [-0.2, -0.15) is 0 Å². The van der Waals surface area contributed by atoms with Crippen molar-refractivity contribution in [2.45, 2.75) is 19.4 Å². The van der Waals surface area contributed by atoms with Crippen molar-refractivity contribution < 1.29 is 14.7 Å². The molecule has 154 valence electrons. The van der Waals surface area contributed by atoms with E-state index in [0.717, 1.165) is 21.5 Å². The van der Waals surface area contributed by atoms with E-state index in [9.17, 15) is 14.7 Å². The Balaban J connectivity index is 1.70. The second kappa shape index (κ2) is 7.76. The molecule has 1 aliphatic rings. The average Bonchev–Trinajstić information content (AvgIpc) is 3.52. The molecule has 5 rings (SSSR count). The first-order valence-electron chi connectivity index (χ1n) is 9.87. The molecule has 1 saturated heterocycles. The number of thiazole rings is 1. The third kappa shape index (κ3) is 3.26. The molecule has 1 N–H and O–H groups in total. The highest BCUT2D eigenvalue weighted by atomic mass is 32.1. The fourth-order valence-corrected chi connectivity index (χ4v) is 5.66. The van der Waals surface area contributed by atoms with E-state index in [1.54, 1.807) is 24.3 Å². The number of hydrogen-bond acceptors (Lipinski definition) is 6. The Morgan fingerprint density at radius 3 is 2.61 bits per heavy atom. The van der Waals surface area contributed by atoms with Gasteiger partial charge in [-0.1, -0.05) is 60.7 Å². The monoisotopic (exact) mass is 446 g/mol. The lowest BCUT2D eigenvalue weighted by atomic mass is 10.00. The number of aliphatic hydroxyl groups excluding tert-OH is 1. The molecule has 0 unspecified atom stereocenters. The summed E-state index contributed by atoms with van der Waals surface area (Å²) in [5.74, 6) is -1.55. The third-order valence-corrected chi connectivity index (χ3v) is 7.30. The minimum absolute atomic E-state index is 0.0900. The first kappa shape index (κ1) is 19.7. The van der Waals surface area contributed by atoms with Gasteiger partial charge in [0.1, 0.15) is 11.8 Å². The number of ketones is 1. The maximum absolute atomic E-state index is 13.2. The summed E-state index contributed by atoms with van der Waals surface area (Å²) in [5.41, 5.74) is 2.56. The summed E-state index contributed by atoms with van der Waals surface area (Å²) in [6, 6.07) is 17.9. The van der Waals surface area contributed by atoms with Crippen LogP contribution in [0.2, 0.25) is 0 Å². The Morgan fingerprint density at radius 2 is 1.90 bits per heavy atom. The Bertz CT molecular complexity index is 1320. The van der Waals surface area contributed by atoms with Gasteiger partial charge in [0, 0.05) is 10.4 Å². The summed E-state index contributed by atoms with van der Waals surface area (Å²) >= 11 is 2.82. The Kier molecular flexibility index (Phi) is 4.92. The van der Waals surface area contributed by atoms with Gasteiger partial charge in [0.2, 0.25) is 0 Å². The zero-order valence-corrected chi connectivity index (χ0v) is 18.2. The zero-order valence-electron chi connectivity index (χ0n) is 16.6. The second-order valence-corrected chi connectivity index (χ2v) is 9.19. The summed E-state index contributed by atoms with van der Waals surface area (Å²) in [4.78, 5) is 33.1. The molecule has 2 aromatic carbocycles. The van der Waals surface area contributed by atoms with E-state index in [2.05, 4.69) is 18.0 Å². The van der Waals surface area contributed by atoms with Crippen LogP contribution in [-0.4, -0.2) is 21.8 Å². The summed E-state index contributed by atoms with van der Waals surface area (Å²) in [5, 5.41) is 13.4. The summed E-state index contributed by atoms with van der Waals surface area (Å²) in [6.07, 6.45) is 0.903. The Labute approximate surface area is 186 Å². The van der Waals surface area contributed by atoms with Gasteiger partial charge in [-0.3, -0.25) is 14.5 Å². The number of anilines is 1. The average molecular weight is 447 g/mol. The van der Waals surface area contributed by atoms with Gasteiger partial charge in [-0.15, -0.1) is 11.3 Å². The molecule has 0 aliphatic carbocycles. The quantitative estimate of drug-likeness (QED) is 0.254. The third-order valence-electron chi connectivity index (χ3n) is 5.36. The van der Waals surface area contributed by atoms with Crippen LogP contribution in [0.15, 0.2) is 71.6 Å². The molecule has 3 heterocycles. The fraction of sp³-hybridized carbons (Fsp3) is 0.125. The minimum atomic E-state index is -0.716. The van der Waals surface area contributed by atoms with Crippen LogP contribution < -0.4 is 4.90 Å². The predicted octanol–water partition coefficient (Wildman–Crippen LogP) is 5.55. The van der Waals surface area contributed by atoms with Gasteiger partial charge in [0.15, 0.2) is 5.13 Å². The number of fused-ring (bicyclic) bond motifs is 1. The molecule has 0 radical (unpaired) electrons. The molecular formula is C24H18N2O3S2. The van der Waals surface area contributed by atoms with Gasteiger partial charge in [0.05, 0.1) is 15.8 Å². The van der Waals surface area contributed by atoms with Crippen LogP contribution in [0.3, 0.4) is 0 Å². The van der Waals surface area contributed by atoms with E-state index < -0.39 is 17.7 Å². The molecule has 1 fully saturated rings. The highest BCUT2D eigenvalue weighted by Crippen LogP contribution is 2.45. The molecule has 0 spiro atoms. The van der Waals surface area contributed by atoms with E-state index in [4.69, 9.17) is 0 Å². The number of aliphatic hydroxyl groups is 1. The first-order valence-corrected chi connectivity index (χ1v) is 11.6. The number of carbonyl (C=O) groups is 2. The van der Waals surface area contributed by atoms with E-state index in [-0.39, 0.29) is 11.3 Å². The highest BCUT2D eigenvalue weighted by molar-refractivity contribution is 7.22. The summed E-state index contributed by atoms with van der Waals surface area (Å²) in [7, 11) is 0. The summed E-state index contributed by atoms with van der Waals surface area (Å²) < 4.78 is 0.962. The van der Waals surface area contributed by atoms with Crippen molar-refractivity contribution in [1.29, 1.82) is 0 Å². The van der Waals surface area contributed by atoms with Gasteiger partial charge in [0.25, 0.3) is 5.78 Å². The van der Waals surface area contributed by atoms with Gasteiger partial charge in [-0.25, -0.2) is 4.98 Å². The molecule has 7 heteroatoms. The molecule has 1 atom stereocenters. The number of nitrogens with zero attached hydrogens (tertiary/aromatic N) is 2. The second-order valence-electron chi connectivity index (χ2n) is 7.20. The van der Waals surface area contributed by atoms with Crippen LogP contribution in [-0.2, 0) is 16.0 Å². The molecular weight excluding hydrogens is 428 g/mol. The number of thiophene rings is 1. The number of benzene rings is 2.